The number of ether oxygens (including phenoxy) is 1. The van der Waals surface area contributed by atoms with Crippen molar-refractivity contribution in [3.63, 3.8) is 0 Å². The molecule has 0 radical (unpaired) electrons. The van der Waals surface area contributed by atoms with E-state index in [1.54, 1.807) is 18.0 Å². The van der Waals surface area contributed by atoms with E-state index < -0.39 is 0 Å². The van der Waals surface area contributed by atoms with Crippen LogP contribution in [-0.2, 0) is 12.2 Å². The van der Waals surface area contributed by atoms with Crippen LogP contribution in [-0.4, -0.2) is 24.4 Å². The van der Waals surface area contributed by atoms with Crippen molar-refractivity contribution in [2.45, 2.75) is 31.6 Å². The Morgan fingerprint density at radius 3 is 3.12 bits per heavy atom. The van der Waals surface area contributed by atoms with Gasteiger partial charge in [0.25, 0.3) is 0 Å². The molecule has 2 aromatic rings. The largest absolute Gasteiger partial charge is 0.490 e. The van der Waals surface area contributed by atoms with Gasteiger partial charge in [-0.05, 0) is 55.0 Å². The van der Waals surface area contributed by atoms with Gasteiger partial charge in [0.1, 0.15) is 17.6 Å². The maximum absolute atomic E-state index is 11.9. The number of nitrogens with one attached hydrogen (secondary N) is 2. The first-order valence-electron chi connectivity index (χ1n) is 8.15. The van der Waals surface area contributed by atoms with E-state index >= 15 is 0 Å². The van der Waals surface area contributed by atoms with Crippen LogP contribution >= 0.6 is 11.8 Å². The number of urea groups is 1. The fraction of sp³-hybridized carbons (Fsp3) is 0.389. The number of fused-ring (bicyclic) bond motifs is 1. The third-order valence-corrected chi connectivity index (χ3v) is 4.80. The Labute approximate surface area is 146 Å². The molecule has 128 valence electrons. The summed E-state index contributed by atoms with van der Waals surface area (Å²) >= 11 is 1.80. The minimum Gasteiger partial charge on any atom is -0.490 e. The van der Waals surface area contributed by atoms with Crippen LogP contribution in [0.2, 0.25) is 0 Å². The van der Waals surface area contributed by atoms with E-state index in [0.29, 0.717) is 6.54 Å². The molecular formula is C18H22N2O3S. The van der Waals surface area contributed by atoms with Crippen LogP contribution in [0.25, 0.3) is 0 Å². The average Bonchev–Trinajstić information content (AvgIpc) is 3.18. The number of thioether (sulfide) groups is 1. The molecule has 0 bridgehead atoms. The van der Waals surface area contributed by atoms with Crippen molar-refractivity contribution >= 4 is 23.5 Å². The molecule has 0 spiro atoms. The lowest BCUT2D eigenvalue weighted by atomic mass is 10.1. The molecule has 2 N–H and O–H groups in total. The van der Waals surface area contributed by atoms with Crippen LogP contribution in [0.4, 0.5) is 10.5 Å². The highest BCUT2D eigenvalue weighted by Gasteiger charge is 2.19. The Bertz CT molecular complexity index is 673. The van der Waals surface area contributed by atoms with Crippen molar-refractivity contribution in [2.75, 3.05) is 17.6 Å². The topological polar surface area (TPSA) is 63.5 Å². The van der Waals surface area contributed by atoms with E-state index in [-0.39, 0.29) is 12.1 Å². The maximum Gasteiger partial charge on any atom is 0.319 e. The molecule has 2 amide bonds. The van der Waals surface area contributed by atoms with Gasteiger partial charge in [0.05, 0.1) is 12.0 Å². The van der Waals surface area contributed by atoms with E-state index in [0.717, 1.165) is 47.1 Å². The highest BCUT2D eigenvalue weighted by molar-refractivity contribution is 7.98. The summed E-state index contributed by atoms with van der Waals surface area (Å²) in [5.41, 5.74) is 1.95. The molecule has 0 fully saturated rings. The number of furan rings is 1. The molecule has 3 rings (SSSR count). The number of amides is 2. The van der Waals surface area contributed by atoms with Crippen LogP contribution in [0.3, 0.4) is 0 Å². The third kappa shape index (κ3) is 4.71. The van der Waals surface area contributed by atoms with Gasteiger partial charge >= 0.3 is 6.03 Å². The summed E-state index contributed by atoms with van der Waals surface area (Å²) in [5, 5.41) is 5.76. The van der Waals surface area contributed by atoms with E-state index in [9.17, 15) is 4.79 Å². The maximum atomic E-state index is 11.9. The van der Waals surface area contributed by atoms with Gasteiger partial charge in [-0.2, -0.15) is 11.8 Å². The molecule has 0 saturated heterocycles. The number of hydrogen-bond donors (Lipinski definition) is 2. The van der Waals surface area contributed by atoms with Crippen LogP contribution < -0.4 is 15.4 Å². The number of carbonyl (C=O) groups is 1. The Hall–Kier alpha value is -2.08. The van der Waals surface area contributed by atoms with Gasteiger partial charge < -0.3 is 19.8 Å². The van der Waals surface area contributed by atoms with Crippen LogP contribution in [0, 0.1) is 0 Å². The zero-order valence-corrected chi connectivity index (χ0v) is 14.5. The molecule has 0 unspecified atom stereocenters. The zero-order valence-electron chi connectivity index (χ0n) is 13.7. The summed E-state index contributed by atoms with van der Waals surface area (Å²) in [7, 11) is 0. The second-order valence-electron chi connectivity index (χ2n) is 5.82. The van der Waals surface area contributed by atoms with Crippen molar-refractivity contribution in [2.24, 2.45) is 0 Å². The first-order chi connectivity index (χ1) is 11.7. The second-order valence-corrected chi connectivity index (χ2v) is 6.93. The molecule has 1 aromatic carbocycles. The highest BCUT2D eigenvalue weighted by Crippen LogP contribution is 2.30. The molecular weight excluding hydrogens is 324 g/mol. The Balaban J connectivity index is 1.32. The Morgan fingerprint density at radius 2 is 2.29 bits per heavy atom. The van der Waals surface area contributed by atoms with Gasteiger partial charge in [-0.15, -0.1) is 0 Å². The molecule has 1 atom stereocenters. The summed E-state index contributed by atoms with van der Waals surface area (Å²) in [6, 6.07) is 9.47. The number of hydrogen-bond acceptors (Lipinski definition) is 4. The monoisotopic (exact) mass is 346 g/mol. The predicted octanol–water partition coefficient (Wildman–Crippen LogP) is 4.05. The summed E-state index contributed by atoms with van der Waals surface area (Å²) in [6.45, 7) is 2.70. The molecule has 0 saturated carbocycles. The smallest absolute Gasteiger partial charge is 0.319 e. The van der Waals surface area contributed by atoms with E-state index in [1.165, 1.54) is 0 Å². The van der Waals surface area contributed by atoms with E-state index in [2.05, 4.69) is 10.6 Å². The van der Waals surface area contributed by atoms with Crippen LogP contribution in [0.5, 0.6) is 5.75 Å². The highest BCUT2D eigenvalue weighted by atomic mass is 32.2. The summed E-state index contributed by atoms with van der Waals surface area (Å²) in [4.78, 5) is 11.9. The minimum atomic E-state index is -0.169. The van der Waals surface area contributed by atoms with Crippen LogP contribution in [0.15, 0.2) is 41.0 Å². The number of benzene rings is 1. The molecule has 1 aromatic heterocycles. The minimum absolute atomic E-state index is 0.169. The van der Waals surface area contributed by atoms with Gasteiger partial charge in [-0.1, -0.05) is 0 Å². The number of anilines is 1. The SMILES string of the molecule is C[C@@H]1Cc2cc(NC(=O)NCCCSCc3ccco3)ccc2O1. The molecule has 2 heterocycles. The summed E-state index contributed by atoms with van der Waals surface area (Å²) < 4.78 is 10.9. The number of rotatable bonds is 7. The molecule has 0 aliphatic carbocycles. The molecule has 24 heavy (non-hydrogen) atoms. The molecule has 1 aliphatic heterocycles. The van der Waals surface area contributed by atoms with Crippen molar-refractivity contribution in [1.29, 1.82) is 0 Å². The van der Waals surface area contributed by atoms with E-state index in [1.807, 2.05) is 37.3 Å². The summed E-state index contributed by atoms with van der Waals surface area (Å²) in [5.74, 6) is 3.76. The Kier molecular flexibility index (Phi) is 5.69. The standard InChI is InChI=1S/C18H22N2O3S/c1-13-10-14-11-15(5-6-17(14)23-13)20-18(21)19-7-3-9-24-12-16-4-2-8-22-16/h2,4-6,8,11,13H,3,7,9-10,12H2,1H3,(H2,19,20,21)/t13-/m1/s1. The predicted molar refractivity (Wildman–Crippen MR) is 96.7 cm³/mol. The van der Waals surface area contributed by atoms with Crippen molar-refractivity contribution < 1.29 is 13.9 Å². The quantitative estimate of drug-likeness (QED) is 0.743. The van der Waals surface area contributed by atoms with Gasteiger partial charge in [0.2, 0.25) is 0 Å². The van der Waals surface area contributed by atoms with E-state index in [4.69, 9.17) is 9.15 Å². The van der Waals surface area contributed by atoms with Crippen molar-refractivity contribution in [3.05, 3.63) is 47.9 Å². The first-order valence-corrected chi connectivity index (χ1v) is 9.31. The fourth-order valence-corrected chi connectivity index (χ4v) is 3.48. The molecule has 1 aliphatic rings. The normalized spacial score (nSPS) is 15.6. The lowest BCUT2D eigenvalue weighted by molar-refractivity contribution is 0.252. The zero-order chi connectivity index (χ0) is 16.8. The van der Waals surface area contributed by atoms with Crippen molar-refractivity contribution in [3.8, 4) is 5.75 Å². The second kappa shape index (κ2) is 8.15. The average molecular weight is 346 g/mol. The number of carbonyl (C=O) groups excluding carboxylic acids is 1. The first kappa shape index (κ1) is 16.8. The van der Waals surface area contributed by atoms with Crippen LogP contribution in [0.1, 0.15) is 24.7 Å². The summed E-state index contributed by atoms with van der Waals surface area (Å²) in [6.07, 6.45) is 3.71. The van der Waals surface area contributed by atoms with Crippen molar-refractivity contribution in [1.82, 2.24) is 5.32 Å². The van der Waals surface area contributed by atoms with Gasteiger partial charge in [-0.25, -0.2) is 4.79 Å². The lowest BCUT2D eigenvalue weighted by Crippen LogP contribution is -2.29. The lowest BCUT2D eigenvalue weighted by Gasteiger charge is -2.08. The van der Waals surface area contributed by atoms with Gasteiger partial charge in [0.15, 0.2) is 0 Å². The Morgan fingerprint density at radius 1 is 1.38 bits per heavy atom. The fourth-order valence-electron chi connectivity index (χ4n) is 2.62. The molecule has 5 nitrogen and oxygen atoms in total. The third-order valence-electron chi connectivity index (χ3n) is 3.73. The van der Waals surface area contributed by atoms with Gasteiger partial charge in [-0.3, -0.25) is 0 Å². The molecule has 6 heteroatoms. The van der Waals surface area contributed by atoms with Gasteiger partial charge in [0, 0.05) is 18.7 Å².